The van der Waals surface area contributed by atoms with Crippen molar-refractivity contribution in [1.82, 2.24) is 5.32 Å². The summed E-state index contributed by atoms with van der Waals surface area (Å²) in [6.07, 6.45) is -3.54. The highest BCUT2D eigenvalue weighted by atomic mass is 16.9. The number of amides is 2. The predicted octanol–water partition coefficient (Wildman–Crippen LogP) is 1.83. The van der Waals surface area contributed by atoms with E-state index in [4.69, 9.17) is 23.7 Å². The number of ether oxygens (including phenoxy) is 5. The van der Waals surface area contributed by atoms with Crippen LogP contribution in [0.25, 0.3) is 0 Å². The Hall–Kier alpha value is -2.04. The number of hydrogen-bond acceptors (Lipinski definition) is 7. The second-order valence-electron chi connectivity index (χ2n) is 9.18. The van der Waals surface area contributed by atoms with Crippen LogP contribution in [0.5, 0.6) is 0 Å². The fourth-order valence-corrected chi connectivity index (χ4v) is 4.07. The van der Waals surface area contributed by atoms with E-state index >= 15 is 0 Å². The maximum absolute atomic E-state index is 13.1. The molecule has 2 amide bonds. The molecule has 1 aromatic rings. The van der Waals surface area contributed by atoms with Crippen molar-refractivity contribution in [2.45, 2.75) is 89.9 Å². The average molecular weight is 434 g/mol. The summed E-state index contributed by atoms with van der Waals surface area (Å²) >= 11 is 0. The number of carbonyl (C=O) groups excluding carboxylic acids is 2. The highest BCUT2D eigenvalue weighted by molar-refractivity contribution is 5.97. The lowest BCUT2D eigenvalue weighted by molar-refractivity contribution is -0.231. The van der Waals surface area contributed by atoms with Gasteiger partial charge in [0.2, 0.25) is 5.91 Å². The van der Waals surface area contributed by atoms with Crippen LogP contribution in [0, 0.1) is 6.92 Å². The molecule has 0 unspecified atom stereocenters. The summed E-state index contributed by atoms with van der Waals surface area (Å²) in [4.78, 5) is 25.6. The Balaban J connectivity index is 1.44. The zero-order valence-electron chi connectivity index (χ0n) is 18.6. The summed E-state index contributed by atoms with van der Waals surface area (Å²) in [7, 11) is 0. The SMILES string of the molecule is Cc1ccc(NC(=O)[C@H](C)NC(=O)[C@H]2O[C@@H]3OC(C)(C)O[C@H]3[C@H]3OC(C)(C)O[C@@H]32)cc1. The lowest BCUT2D eigenvalue weighted by Crippen LogP contribution is -2.60. The highest BCUT2D eigenvalue weighted by Gasteiger charge is 2.62. The van der Waals surface area contributed by atoms with Gasteiger partial charge in [-0.05, 0) is 53.7 Å². The molecular weight excluding hydrogens is 404 g/mol. The largest absolute Gasteiger partial charge is 0.342 e. The molecule has 170 valence electrons. The van der Waals surface area contributed by atoms with E-state index in [1.165, 1.54) is 0 Å². The van der Waals surface area contributed by atoms with Gasteiger partial charge in [-0.15, -0.1) is 0 Å². The summed E-state index contributed by atoms with van der Waals surface area (Å²) in [5.41, 5.74) is 1.74. The number of aryl methyl sites for hydroxylation is 1. The molecule has 6 atom stereocenters. The maximum atomic E-state index is 13.1. The van der Waals surface area contributed by atoms with Crippen molar-refractivity contribution in [3.8, 4) is 0 Å². The monoisotopic (exact) mass is 434 g/mol. The Labute approximate surface area is 181 Å². The summed E-state index contributed by atoms with van der Waals surface area (Å²) in [5, 5.41) is 5.50. The van der Waals surface area contributed by atoms with Crippen LogP contribution in [0.1, 0.15) is 40.2 Å². The van der Waals surface area contributed by atoms with Gasteiger partial charge in [0, 0.05) is 5.69 Å². The molecule has 0 aliphatic carbocycles. The number of anilines is 1. The van der Waals surface area contributed by atoms with Crippen molar-refractivity contribution < 1.29 is 33.3 Å². The molecule has 9 nitrogen and oxygen atoms in total. The van der Waals surface area contributed by atoms with Gasteiger partial charge < -0.3 is 34.3 Å². The van der Waals surface area contributed by atoms with Crippen LogP contribution in [0.3, 0.4) is 0 Å². The standard InChI is InChI=1S/C22H30N2O7/c1-11-7-9-13(10-8-11)24-18(25)12(2)23-19(26)16-14-15(29-21(3,4)28-14)17-20(27-16)31-22(5,6)30-17/h7-10,12,14-17,20H,1-6H3,(H,23,26)(H,24,25)/t12-,14-,15-,16-,17-,20+/m0/s1. The summed E-state index contributed by atoms with van der Waals surface area (Å²) in [6, 6.07) is 6.62. The Morgan fingerprint density at radius 2 is 1.48 bits per heavy atom. The van der Waals surface area contributed by atoms with E-state index in [2.05, 4.69) is 10.6 Å². The number of fused-ring (bicyclic) bond motifs is 3. The van der Waals surface area contributed by atoms with E-state index in [0.717, 1.165) is 5.56 Å². The van der Waals surface area contributed by atoms with Gasteiger partial charge in [-0.2, -0.15) is 0 Å². The fourth-order valence-electron chi connectivity index (χ4n) is 4.07. The normalized spacial score (nSPS) is 33.8. The van der Waals surface area contributed by atoms with Gasteiger partial charge in [-0.25, -0.2) is 0 Å². The summed E-state index contributed by atoms with van der Waals surface area (Å²) in [5.74, 6) is -2.60. The third-order valence-corrected chi connectivity index (χ3v) is 5.48. The molecule has 3 saturated heterocycles. The zero-order valence-corrected chi connectivity index (χ0v) is 18.6. The van der Waals surface area contributed by atoms with Gasteiger partial charge in [0.15, 0.2) is 24.0 Å². The number of benzene rings is 1. The van der Waals surface area contributed by atoms with Crippen LogP contribution in [0.2, 0.25) is 0 Å². The van der Waals surface area contributed by atoms with E-state index in [-0.39, 0.29) is 5.91 Å². The molecule has 2 N–H and O–H groups in total. The van der Waals surface area contributed by atoms with Gasteiger partial charge in [-0.1, -0.05) is 17.7 Å². The van der Waals surface area contributed by atoms with Gasteiger partial charge in [0.1, 0.15) is 24.4 Å². The van der Waals surface area contributed by atoms with E-state index in [1.54, 1.807) is 34.6 Å². The van der Waals surface area contributed by atoms with Gasteiger partial charge >= 0.3 is 0 Å². The van der Waals surface area contributed by atoms with Crippen LogP contribution in [0.4, 0.5) is 5.69 Å². The summed E-state index contributed by atoms with van der Waals surface area (Å²) in [6.45, 7) is 10.7. The third-order valence-electron chi connectivity index (χ3n) is 5.48. The second-order valence-corrected chi connectivity index (χ2v) is 9.18. The van der Waals surface area contributed by atoms with E-state index in [0.29, 0.717) is 5.69 Å². The first-order valence-electron chi connectivity index (χ1n) is 10.5. The minimum absolute atomic E-state index is 0.340. The molecule has 0 spiro atoms. The molecule has 0 aromatic heterocycles. The average Bonchev–Trinajstić information content (AvgIpc) is 3.16. The van der Waals surface area contributed by atoms with Gasteiger partial charge in [0.25, 0.3) is 5.91 Å². The van der Waals surface area contributed by atoms with Gasteiger partial charge in [0.05, 0.1) is 0 Å². The first-order chi connectivity index (χ1) is 14.4. The smallest absolute Gasteiger partial charge is 0.252 e. The van der Waals surface area contributed by atoms with Crippen molar-refractivity contribution in [2.24, 2.45) is 0 Å². The first-order valence-corrected chi connectivity index (χ1v) is 10.5. The molecule has 0 radical (unpaired) electrons. The van der Waals surface area contributed by atoms with Gasteiger partial charge in [-0.3, -0.25) is 9.59 Å². The molecule has 3 heterocycles. The Kier molecular flexibility index (Phi) is 5.60. The third kappa shape index (κ3) is 4.61. The van der Waals surface area contributed by atoms with Crippen LogP contribution >= 0.6 is 0 Å². The number of nitrogens with one attached hydrogen (secondary N) is 2. The molecule has 3 aliphatic heterocycles. The highest BCUT2D eigenvalue weighted by Crippen LogP contribution is 2.44. The molecule has 3 fully saturated rings. The fraction of sp³-hybridized carbons (Fsp3) is 0.636. The van der Waals surface area contributed by atoms with Crippen LogP contribution in [-0.2, 0) is 33.3 Å². The molecule has 4 rings (SSSR count). The van der Waals surface area contributed by atoms with Crippen LogP contribution in [0.15, 0.2) is 24.3 Å². The lowest BCUT2D eigenvalue weighted by atomic mass is 9.98. The van der Waals surface area contributed by atoms with Crippen molar-refractivity contribution in [3.63, 3.8) is 0 Å². The zero-order chi connectivity index (χ0) is 22.6. The quantitative estimate of drug-likeness (QED) is 0.745. The topological polar surface area (TPSA) is 104 Å². The molecular formula is C22H30N2O7. The van der Waals surface area contributed by atoms with E-state index < -0.39 is 54.2 Å². The molecule has 9 heteroatoms. The Morgan fingerprint density at radius 1 is 0.903 bits per heavy atom. The minimum Gasteiger partial charge on any atom is -0.342 e. The van der Waals surface area contributed by atoms with Crippen LogP contribution in [-0.4, -0.2) is 60.1 Å². The Morgan fingerprint density at radius 3 is 2.16 bits per heavy atom. The first kappa shape index (κ1) is 22.2. The summed E-state index contributed by atoms with van der Waals surface area (Å²) < 4.78 is 29.7. The molecule has 0 saturated carbocycles. The van der Waals surface area contributed by atoms with Crippen molar-refractivity contribution in [1.29, 1.82) is 0 Å². The maximum Gasteiger partial charge on any atom is 0.252 e. The van der Waals surface area contributed by atoms with Crippen molar-refractivity contribution >= 4 is 17.5 Å². The number of rotatable bonds is 4. The molecule has 3 aliphatic rings. The molecule has 0 bridgehead atoms. The molecule has 31 heavy (non-hydrogen) atoms. The number of hydrogen-bond donors (Lipinski definition) is 2. The lowest BCUT2D eigenvalue weighted by Gasteiger charge is -2.36. The van der Waals surface area contributed by atoms with E-state index in [9.17, 15) is 9.59 Å². The number of carbonyl (C=O) groups is 2. The molecule has 1 aromatic carbocycles. The second kappa shape index (κ2) is 7.83. The minimum atomic E-state index is -1.01. The Bertz CT molecular complexity index is 854. The van der Waals surface area contributed by atoms with E-state index in [1.807, 2.05) is 31.2 Å². The van der Waals surface area contributed by atoms with Crippen molar-refractivity contribution in [2.75, 3.05) is 5.32 Å². The van der Waals surface area contributed by atoms with Crippen LogP contribution < -0.4 is 10.6 Å². The van der Waals surface area contributed by atoms with Crippen molar-refractivity contribution in [3.05, 3.63) is 29.8 Å². The predicted molar refractivity (Wildman–Crippen MR) is 110 cm³/mol.